The Labute approximate surface area is 157 Å². The molecule has 3 rings (SSSR count). The number of rotatable bonds is 4. The highest BCUT2D eigenvalue weighted by Crippen LogP contribution is 2.19. The van der Waals surface area contributed by atoms with Gasteiger partial charge in [0.1, 0.15) is 0 Å². The van der Waals surface area contributed by atoms with Gasteiger partial charge in [-0.15, -0.1) is 0 Å². The van der Waals surface area contributed by atoms with Crippen molar-refractivity contribution in [3.8, 4) is 0 Å². The number of fused-ring (bicyclic) bond motifs is 1. The first-order chi connectivity index (χ1) is 13.0. The number of imide groups is 1. The zero-order valence-corrected chi connectivity index (χ0v) is 15.3. The molecule has 2 aromatic rings. The van der Waals surface area contributed by atoms with E-state index >= 15 is 0 Å². The molecule has 2 N–H and O–H groups in total. The standard InChI is InChI=1S/C20H23N3O4/c1-13-11-16(15-9-5-6-10-17(15)21-13)19(25)27-12-18(24)23-20(26)22-14-7-3-2-4-8-14/h5-6,9-11,14H,2-4,7-8,12H2,1H3,(H2,22,23,24,26). The summed E-state index contributed by atoms with van der Waals surface area (Å²) < 4.78 is 5.09. The van der Waals surface area contributed by atoms with Crippen LogP contribution in [0.25, 0.3) is 10.9 Å². The number of ether oxygens (including phenoxy) is 1. The molecule has 1 aromatic heterocycles. The normalized spacial score (nSPS) is 14.6. The van der Waals surface area contributed by atoms with Gasteiger partial charge in [0.05, 0.1) is 11.1 Å². The Morgan fingerprint density at radius 1 is 1.15 bits per heavy atom. The maximum Gasteiger partial charge on any atom is 0.339 e. The topological polar surface area (TPSA) is 97.4 Å². The number of nitrogens with one attached hydrogen (secondary N) is 2. The van der Waals surface area contributed by atoms with Crippen LogP contribution in [-0.4, -0.2) is 35.5 Å². The molecule has 7 heteroatoms. The van der Waals surface area contributed by atoms with Gasteiger partial charge in [-0.05, 0) is 31.9 Å². The van der Waals surface area contributed by atoms with Gasteiger partial charge in [-0.2, -0.15) is 0 Å². The molecule has 1 aliphatic carbocycles. The minimum Gasteiger partial charge on any atom is -0.452 e. The van der Waals surface area contributed by atoms with Crippen LogP contribution in [-0.2, 0) is 9.53 Å². The van der Waals surface area contributed by atoms with E-state index in [4.69, 9.17) is 4.74 Å². The van der Waals surface area contributed by atoms with Gasteiger partial charge < -0.3 is 10.1 Å². The minimum absolute atomic E-state index is 0.0975. The van der Waals surface area contributed by atoms with E-state index < -0.39 is 24.5 Å². The molecule has 0 spiro atoms. The molecule has 1 aromatic carbocycles. The van der Waals surface area contributed by atoms with Crippen LogP contribution in [0.15, 0.2) is 30.3 Å². The number of amides is 3. The first kappa shape index (κ1) is 18.8. The summed E-state index contributed by atoms with van der Waals surface area (Å²) in [5.41, 5.74) is 1.70. The predicted molar refractivity (Wildman–Crippen MR) is 100 cm³/mol. The molecule has 1 saturated carbocycles. The average Bonchev–Trinajstić information content (AvgIpc) is 2.66. The van der Waals surface area contributed by atoms with Crippen molar-refractivity contribution in [1.82, 2.24) is 15.6 Å². The van der Waals surface area contributed by atoms with Gasteiger partial charge in [0.15, 0.2) is 6.61 Å². The lowest BCUT2D eigenvalue weighted by Crippen LogP contribution is -2.46. The van der Waals surface area contributed by atoms with Crippen molar-refractivity contribution in [2.75, 3.05) is 6.61 Å². The van der Waals surface area contributed by atoms with Gasteiger partial charge >= 0.3 is 12.0 Å². The van der Waals surface area contributed by atoms with E-state index in [0.717, 1.165) is 25.7 Å². The Morgan fingerprint density at radius 3 is 2.67 bits per heavy atom. The van der Waals surface area contributed by atoms with Crippen molar-refractivity contribution in [3.05, 3.63) is 41.6 Å². The van der Waals surface area contributed by atoms with Crippen molar-refractivity contribution in [2.45, 2.75) is 45.1 Å². The number of benzene rings is 1. The molecule has 0 radical (unpaired) electrons. The van der Waals surface area contributed by atoms with Gasteiger partial charge in [0.2, 0.25) is 0 Å². The lowest BCUT2D eigenvalue weighted by molar-refractivity contribution is -0.123. The van der Waals surface area contributed by atoms with Crippen LogP contribution in [0.2, 0.25) is 0 Å². The van der Waals surface area contributed by atoms with Crippen LogP contribution in [0.5, 0.6) is 0 Å². The SMILES string of the molecule is Cc1cc(C(=O)OCC(=O)NC(=O)NC2CCCCC2)c2ccccc2n1. The number of aromatic nitrogens is 1. The van der Waals surface area contributed by atoms with Crippen molar-refractivity contribution < 1.29 is 19.1 Å². The fourth-order valence-electron chi connectivity index (χ4n) is 3.32. The van der Waals surface area contributed by atoms with Crippen LogP contribution in [0.3, 0.4) is 0 Å². The molecule has 0 unspecified atom stereocenters. The summed E-state index contributed by atoms with van der Waals surface area (Å²) in [6, 6.07) is 8.39. The van der Waals surface area contributed by atoms with Crippen LogP contribution >= 0.6 is 0 Å². The summed E-state index contributed by atoms with van der Waals surface area (Å²) in [5, 5.41) is 5.64. The third kappa shape index (κ3) is 5.03. The van der Waals surface area contributed by atoms with Crippen molar-refractivity contribution in [1.29, 1.82) is 0 Å². The molecule has 3 amide bonds. The molecular weight excluding hydrogens is 346 g/mol. The zero-order chi connectivity index (χ0) is 19.2. The first-order valence-electron chi connectivity index (χ1n) is 9.17. The fraction of sp³-hybridized carbons (Fsp3) is 0.400. The number of carbonyl (C=O) groups is 3. The van der Waals surface area contributed by atoms with E-state index in [1.165, 1.54) is 6.42 Å². The highest BCUT2D eigenvalue weighted by molar-refractivity contribution is 6.04. The van der Waals surface area contributed by atoms with Crippen molar-refractivity contribution >= 4 is 28.8 Å². The molecule has 1 heterocycles. The number of carbonyl (C=O) groups excluding carboxylic acids is 3. The monoisotopic (exact) mass is 369 g/mol. The van der Waals surface area contributed by atoms with Gasteiger partial charge in [0, 0.05) is 17.1 Å². The number of aryl methyl sites for hydroxylation is 1. The van der Waals surface area contributed by atoms with Gasteiger partial charge in [-0.25, -0.2) is 9.59 Å². The molecule has 0 saturated heterocycles. The fourth-order valence-corrected chi connectivity index (χ4v) is 3.32. The van der Waals surface area contributed by atoms with Gasteiger partial charge in [0.25, 0.3) is 5.91 Å². The molecule has 0 aliphatic heterocycles. The third-order valence-corrected chi connectivity index (χ3v) is 4.59. The number of nitrogens with zero attached hydrogens (tertiary/aromatic N) is 1. The summed E-state index contributed by atoms with van der Waals surface area (Å²) in [5.74, 6) is -1.29. The molecular formula is C20H23N3O4. The van der Waals surface area contributed by atoms with E-state index in [-0.39, 0.29) is 6.04 Å². The summed E-state index contributed by atoms with van der Waals surface area (Å²) in [6.07, 6.45) is 5.18. The number of para-hydroxylation sites is 1. The van der Waals surface area contributed by atoms with Crippen LogP contribution in [0, 0.1) is 6.92 Å². The molecule has 0 atom stereocenters. The summed E-state index contributed by atoms with van der Waals surface area (Å²) in [7, 11) is 0. The number of urea groups is 1. The zero-order valence-electron chi connectivity index (χ0n) is 15.3. The van der Waals surface area contributed by atoms with Crippen LogP contribution in [0.1, 0.15) is 48.2 Å². The van der Waals surface area contributed by atoms with Gasteiger partial charge in [-0.1, -0.05) is 37.5 Å². The second-order valence-electron chi connectivity index (χ2n) is 6.76. The number of hydrogen-bond donors (Lipinski definition) is 2. The molecule has 142 valence electrons. The molecule has 1 fully saturated rings. The maximum absolute atomic E-state index is 12.4. The number of pyridine rings is 1. The Balaban J connectivity index is 1.54. The van der Waals surface area contributed by atoms with Crippen molar-refractivity contribution in [3.63, 3.8) is 0 Å². The number of hydrogen-bond acceptors (Lipinski definition) is 5. The van der Waals surface area contributed by atoms with Crippen LogP contribution < -0.4 is 10.6 Å². The first-order valence-corrected chi connectivity index (χ1v) is 9.17. The van der Waals surface area contributed by atoms with Gasteiger partial charge in [-0.3, -0.25) is 15.1 Å². The Hall–Kier alpha value is -2.96. The lowest BCUT2D eigenvalue weighted by atomic mass is 9.96. The molecule has 1 aliphatic rings. The van der Waals surface area contributed by atoms with E-state index in [1.807, 2.05) is 6.07 Å². The highest BCUT2D eigenvalue weighted by atomic mass is 16.5. The molecule has 27 heavy (non-hydrogen) atoms. The lowest BCUT2D eigenvalue weighted by Gasteiger charge is -2.22. The largest absolute Gasteiger partial charge is 0.452 e. The third-order valence-electron chi connectivity index (χ3n) is 4.59. The maximum atomic E-state index is 12.4. The smallest absolute Gasteiger partial charge is 0.339 e. The van der Waals surface area contributed by atoms with E-state index in [9.17, 15) is 14.4 Å². The van der Waals surface area contributed by atoms with Crippen molar-refractivity contribution in [2.24, 2.45) is 0 Å². The quantitative estimate of drug-likeness (QED) is 0.808. The Kier molecular flexibility index (Phi) is 6.01. The second kappa shape index (κ2) is 8.62. The second-order valence-corrected chi connectivity index (χ2v) is 6.76. The van der Waals surface area contributed by atoms with E-state index in [0.29, 0.717) is 22.2 Å². The minimum atomic E-state index is -0.660. The summed E-state index contributed by atoms with van der Waals surface area (Å²) in [4.78, 5) is 40.5. The van der Waals surface area contributed by atoms with Crippen LogP contribution in [0.4, 0.5) is 4.79 Å². The molecule has 7 nitrogen and oxygen atoms in total. The average molecular weight is 369 g/mol. The highest BCUT2D eigenvalue weighted by Gasteiger charge is 2.18. The van der Waals surface area contributed by atoms with E-state index in [1.54, 1.807) is 31.2 Å². The number of esters is 1. The molecule has 0 bridgehead atoms. The summed E-state index contributed by atoms with van der Waals surface area (Å²) in [6.45, 7) is 1.26. The Morgan fingerprint density at radius 2 is 1.89 bits per heavy atom. The van der Waals surface area contributed by atoms with E-state index in [2.05, 4.69) is 15.6 Å². The summed E-state index contributed by atoms with van der Waals surface area (Å²) >= 11 is 0. The predicted octanol–water partition coefficient (Wildman–Crippen LogP) is 2.86. The Bertz CT molecular complexity index is 859.